The van der Waals surface area contributed by atoms with Crippen molar-refractivity contribution < 1.29 is 4.39 Å². The van der Waals surface area contributed by atoms with E-state index in [9.17, 15) is 4.39 Å². The van der Waals surface area contributed by atoms with E-state index >= 15 is 0 Å². The molecule has 0 bridgehead atoms. The Balaban J connectivity index is 2.18. The number of hydrogen-bond donors (Lipinski definition) is 1. The highest BCUT2D eigenvalue weighted by atomic mass is 79.9. The molecule has 2 rings (SSSR count). The van der Waals surface area contributed by atoms with Crippen LogP contribution in [0.2, 0.25) is 0 Å². The van der Waals surface area contributed by atoms with E-state index in [1.807, 2.05) is 0 Å². The molecule has 0 aliphatic heterocycles. The number of aromatic nitrogens is 1. The van der Waals surface area contributed by atoms with Gasteiger partial charge in [-0.1, -0.05) is 6.92 Å². The fourth-order valence-electron chi connectivity index (χ4n) is 1.94. The number of rotatable bonds is 6. The Morgan fingerprint density at radius 3 is 3.00 bits per heavy atom. The fraction of sp³-hybridized carbons (Fsp3) is 0.357. The minimum absolute atomic E-state index is 0.00602. The molecule has 1 atom stereocenters. The van der Waals surface area contributed by atoms with E-state index in [2.05, 4.69) is 44.6 Å². The van der Waals surface area contributed by atoms with E-state index in [-0.39, 0.29) is 11.9 Å². The van der Waals surface area contributed by atoms with Crippen LogP contribution in [0.1, 0.15) is 29.8 Å². The molecule has 5 heteroatoms. The van der Waals surface area contributed by atoms with E-state index in [0.29, 0.717) is 5.56 Å². The van der Waals surface area contributed by atoms with Crippen LogP contribution in [0.15, 0.2) is 34.4 Å². The quantitative estimate of drug-likeness (QED) is 0.845. The van der Waals surface area contributed by atoms with Gasteiger partial charge in [0.15, 0.2) is 0 Å². The summed E-state index contributed by atoms with van der Waals surface area (Å²) in [6.07, 6.45) is 4.73. The van der Waals surface area contributed by atoms with Crippen LogP contribution in [0.4, 0.5) is 4.39 Å². The summed E-state index contributed by atoms with van der Waals surface area (Å²) in [5.41, 5.74) is 0.688. The highest BCUT2D eigenvalue weighted by molar-refractivity contribution is 9.10. The van der Waals surface area contributed by atoms with Crippen molar-refractivity contribution in [3.05, 3.63) is 50.6 Å². The smallest absolute Gasteiger partial charge is 0.146 e. The lowest BCUT2D eigenvalue weighted by molar-refractivity contribution is 0.497. The monoisotopic (exact) mass is 342 g/mol. The minimum Gasteiger partial charge on any atom is -0.310 e. The van der Waals surface area contributed by atoms with Crippen molar-refractivity contribution in [3.8, 4) is 0 Å². The molecular formula is C14H16BrFN2S. The molecule has 0 fully saturated rings. The van der Waals surface area contributed by atoms with Gasteiger partial charge in [-0.2, -0.15) is 0 Å². The van der Waals surface area contributed by atoms with Gasteiger partial charge in [-0.3, -0.25) is 4.98 Å². The van der Waals surface area contributed by atoms with E-state index in [0.717, 1.165) is 23.9 Å². The van der Waals surface area contributed by atoms with Crippen molar-refractivity contribution in [3.63, 3.8) is 0 Å². The molecule has 0 saturated heterocycles. The molecule has 1 N–H and O–H groups in total. The molecule has 102 valence electrons. The predicted molar refractivity (Wildman–Crippen MR) is 81.0 cm³/mol. The third-order valence-electron chi connectivity index (χ3n) is 2.85. The first kappa shape index (κ1) is 14.6. The number of nitrogens with zero attached hydrogens (tertiary/aromatic N) is 1. The Kier molecular flexibility index (Phi) is 5.48. The molecule has 0 radical (unpaired) electrons. The summed E-state index contributed by atoms with van der Waals surface area (Å²) >= 11 is 5.14. The zero-order chi connectivity index (χ0) is 13.7. The van der Waals surface area contributed by atoms with Gasteiger partial charge in [0, 0.05) is 39.0 Å². The van der Waals surface area contributed by atoms with E-state index in [1.54, 1.807) is 23.6 Å². The van der Waals surface area contributed by atoms with Gasteiger partial charge in [-0.05, 0) is 41.0 Å². The van der Waals surface area contributed by atoms with Crippen LogP contribution >= 0.6 is 27.3 Å². The van der Waals surface area contributed by atoms with Gasteiger partial charge in [0.05, 0.1) is 6.20 Å². The van der Waals surface area contributed by atoms with Crippen LogP contribution in [0.3, 0.4) is 0 Å². The average Bonchev–Trinajstić information content (AvgIpc) is 2.81. The lowest BCUT2D eigenvalue weighted by atomic mass is 10.0. The van der Waals surface area contributed by atoms with Crippen LogP contribution < -0.4 is 5.32 Å². The Morgan fingerprint density at radius 2 is 2.37 bits per heavy atom. The molecule has 0 aliphatic carbocycles. The van der Waals surface area contributed by atoms with Gasteiger partial charge in [-0.25, -0.2) is 4.39 Å². The van der Waals surface area contributed by atoms with Gasteiger partial charge in [0.1, 0.15) is 5.82 Å². The van der Waals surface area contributed by atoms with Crippen molar-refractivity contribution in [1.29, 1.82) is 0 Å². The molecule has 2 nitrogen and oxygen atoms in total. The maximum absolute atomic E-state index is 13.9. The van der Waals surface area contributed by atoms with Gasteiger partial charge in [0.25, 0.3) is 0 Å². The van der Waals surface area contributed by atoms with Gasteiger partial charge < -0.3 is 5.32 Å². The van der Waals surface area contributed by atoms with Gasteiger partial charge >= 0.3 is 0 Å². The second-order valence-corrected chi connectivity index (χ2v) is 6.25. The highest BCUT2D eigenvalue weighted by Gasteiger charge is 2.16. The molecule has 2 aromatic rings. The first-order valence-corrected chi connectivity index (χ1v) is 7.93. The van der Waals surface area contributed by atoms with E-state index < -0.39 is 0 Å². The first-order chi connectivity index (χ1) is 9.20. The van der Waals surface area contributed by atoms with Crippen LogP contribution in [-0.4, -0.2) is 11.5 Å². The van der Waals surface area contributed by atoms with Gasteiger partial charge in [0.2, 0.25) is 0 Å². The lowest BCUT2D eigenvalue weighted by Crippen LogP contribution is -2.24. The molecule has 0 aliphatic rings. The second-order valence-electron chi connectivity index (χ2n) is 4.34. The molecule has 0 amide bonds. The van der Waals surface area contributed by atoms with E-state index in [1.165, 1.54) is 11.1 Å². The largest absolute Gasteiger partial charge is 0.310 e. The van der Waals surface area contributed by atoms with Crippen molar-refractivity contribution >= 4 is 27.3 Å². The zero-order valence-electron chi connectivity index (χ0n) is 10.7. The Morgan fingerprint density at radius 1 is 1.53 bits per heavy atom. The Labute approximate surface area is 125 Å². The fourth-order valence-corrected chi connectivity index (χ4v) is 3.44. The Hall–Kier alpha value is -0.780. The van der Waals surface area contributed by atoms with E-state index in [4.69, 9.17) is 0 Å². The molecule has 0 spiro atoms. The molecule has 1 unspecified atom stereocenters. The summed E-state index contributed by atoms with van der Waals surface area (Å²) in [4.78, 5) is 5.04. The summed E-state index contributed by atoms with van der Waals surface area (Å²) in [5, 5.41) is 5.46. The first-order valence-electron chi connectivity index (χ1n) is 6.26. The third-order valence-corrected chi connectivity index (χ3v) is 4.57. The molecule has 0 aromatic carbocycles. The third kappa shape index (κ3) is 4.09. The number of hydrogen-bond acceptors (Lipinski definition) is 3. The molecule has 2 heterocycles. The topological polar surface area (TPSA) is 24.9 Å². The molecular weight excluding hydrogens is 327 g/mol. The number of thiophene rings is 1. The Bertz CT molecular complexity index is 530. The van der Waals surface area contributed by atoms with Crippen molar-refractivity contribution in [2.75, 3.05) is 6.54 Å². The second kappa shape index (κ2) is 7.12. The minimum atomic E-state index is -0.244. The van der Waals surface area contributed by atoms with Crippen LogP contribution in [-0.2, 0) is 6.42 Å². The number of halogens is 2. The van der Waals surface area contributed by atoms with Crippen LogP contribution in [0, 0.1) is 5.82 Å². The lowest BCUT2D eigenvalue weighted by Gasteiger charge is -2.18. The van der Waals surface area contributed by atoms with Crippen LogP contribution in [0.25, 0.3) is 0 Å². The number of pyridine rings is 1. The maximum atomic E-state index is 13.9. The summed E-state index contributed by atoms with van der Waals surface area (Å²) in [5.74, 6) is -0.244. The predicted octanol–water partition coefficient (Wildman–Crippen LogP) is 4.33. The summed E-state index contributed by atoms with van der Waals surface area (Å²) in [7, 11) is 0. The van der Waals surface area contributed by atoms with Gasteiger partial charge in [-0.15, -0.1) is 11.3 Å². The molecule has 2 aromatic heterocycles. The van der Waals surface area contributed by atoms with Crippen LogP contribution in [0.5, 0.6) is 0 Å². The zero-order valence-corrected chi connectivity index (χ0v) is 13.1. The molecule has 0 saturated carbocycles. The van der Waals surface area contributed by atoms with Crippen molar-refractivity contribution in [2.24, 2.45) is 0 Å². The molecule has 19 heavy (non-hydrogen) atoms. The summed E-state index contributed by atoms with van der Waals surface area (Å²) < 4.78 is 14.9. The summed E-state index contributed by atoms with van der Waals surface area (Å²) in [6.45, 7) is 2.98. The average molecular weight is 343 g/mol. The van der Waals surface area contributed by atoms with Crippen molar-refractivity contribution in [1.82, 2.24) is 10.3 Å². The standard InChI is InChI=1S/C14H16BrFN2S/c1-2-4-18-14(7-11-6-10(15)9-19-11)12-3-5-17-8-13(12)16/h3,5-6,8-9,14,18H,2,4,7H2,1H3. The summed E-state index contributed by atoms with van der Waals surface area (Å²) in [6, 6.07) is 3.84. The maximum Gasteiger partial charge on any atom is 0.146 e. The van der Waals surface area contributed by atoms with Crippen molar-refractivity contribution in [2.45, 2.75) is 25.8 Å². The highest BCUT2D eigenvalue weighted by Crippen LogP contribution is 2.26. The SMILES string of the molecule is CCCNC(Cc1cc(Br)cs1)c1ccncc1F. The number of nitrogens with one attached hydrogen (secondary N) is 1. The normalized spacial score (nSPS) is 12.6.